The average molecular weight is 285 g/mol. The normalized spacial score (nSPS) is 11.6. The van der Waals surface area contributed by atoms with Crippen LogP contribution in [0, 0.1) is 0 Å². The van der Waals surface area contributed by atoms with Crippen LogP contribution in [0.25, 0.3) is 38.8 Å². The summed E-state index contributed by atoms with van der Waals surface area (Å²) in [7, 11) is 0. The smallest absolute Gasteiger partial charge is 0.155 e. The van der Waals surface area contributed by atoms with Gasteiger partial charge in [-0.2, -0.15) is 5.10 Å². The second-order valence-electron chi connectivity index (χ2n) is 5.24. The van der Waals surface area contributed by atoms with Crippen LogP contribution in [0.1, 0.15) is 0 Å². The van der Waals surface area contributed by atoms with E-state index in [-0.39, 0.29) is 0 Å². The van der Waals surface area contributed by atoms with E-state index in [1.807, 2.05) is 30.3 Å². The number of furan rings is 1. The molecule has 4 nitrogen and oxygen atoms in total. The minimum absolute atomic E-state index is 0.794. The highest BCUT2D eigenvalue weighted by Crippen LogP contribution is 2.32. The molecule has 2 aromatic carbocycles. The topological polar surface area (TPSA) is 43.3 Å². The van der Waals surface area contributed by atoms with E-state index in [1.165, 1.54) is 10.8 Å². The second-order valence-corrected chi connectivity index (χ2v) is 5.24. The molecule has 4 heteroatoms. The van der Waals surface area contributed by atoms with Crippen LogP contribution in [0.3, 0.4) is 0 Å². The lowest BCUT2D eigenvalue weighted by Gasteiger charge is -1.99. The minimum atomic E-state index is 0.794. The molecule has 0 spiro atoms. The second kappa shape index (κ2) is 4.18. The zero-order valence-corrected chi connectivity index (χ0v) is 11.6. The van der Waals surface area contributed by atoms with E-state index in [9.17, 15) is 0 Å². The summed E-state index contributed by atoms with van der Waals surface area (Å²) in [6, 6.07) is 18.3. The predicted molar refractivity (Wildman–Crippen MR) is 85.7 cm³/mol. The summed E-state index contributed by atoms with van der Waals surface area (Å²) in [4.78, 5) is 4.29. The third kappa shape index (κ3) is 1.52. The molecule has 0 atom stereocenters. The monoisotopic (exact) mass is 285 g/mol. The molecule has 0 aliphatic carbocycles. The summed E-state index contributed by atoms with van der Waals surface area (Å²) in [5.74, 6) is 0.794. The number of fused-ring (bicyclic) bond motifs is 4. The van der Waals surface area contributed by atoms with Crippen LogP contribution >= 0.6 is 0 Å². The highest BCUT2D eigenvalue weighted by Gasteiger charge is 2.12. The van der Waals surface area contributed by atoms with E-state index in [2.05, 4.69) is 34.3 Å². The number of rotatable bonds is 1. The van der Waals surface area contributed by atoms with Crippen molar-refractivity contribution in [1.82, 2.24) is 14.6 Å². The lowest BCUT2D eigenvalue weighted by Crippen LogP contribution is -1.93. The molecule has 0 saturated carbocycles. The Balaban J connectivity index is 1.85. The van der Waals surface area contributed by atoms with Crippen molar-refractivity contribution in [2.45, 2.75) is 0 Å². The Morgan fingerprint density at radius 3 is 2.82 bits per heavy atom. The van der Waals surface area contributed by atoms with Crippen molar-refractivity contribution in [1.29, 1.82) is 0 Å². The molecule has 0 radical (unpaired) electrons. The maximum absolute atomic E-state index is 6.05. The van der Waals surface area contributed by atoms with Crippen LogP contribution in [0.2, 0.25) is 0 Å². The van der Waals surface area contributed by atoms with Gasteiger partial charge in [0.1, 0.15) is 11.3 Å². The van der Waals surface area contributed by atoms with Crippen molar-refractivity contribution in [3.05, 3.63) is 67.0 Å². The molecule has 0 fully saturated rings. The number of benzene rings is 2. The van der Waals surface area contributed by atoms with E-state index in [0.717, 1.165) is 28.1 Å². The molecule has 0 amide bonds. The first kappa shape index (κ1) is 11.5. The summed E-state index contributed by atoms with van der Waals surface area (Å²) < 4.78 is 7.84. The molecular weight excluding hydrogens is 274 g/mol. The zero-order chi connectivity index (χ0) is 14.5. The molecule has 0 aliphatic heterocycles. The van der Waals surface area contributed by atoms with Gasteiger partial charge in [-0.05, 0) is 29.0 Å². The molecule has 0 unspecified atom stereocenters. The molecule has 0 saturated heterocycles. The molecule has 0 aliphatic rings. The summed E-state index contributed by atoms with van der Waals surface area (Å²) in [5, 5.41) is 7.84. The maximum atomic E-state index is 6.05. The SMILES string of the molecule is c1ccc2c(c1)ccc1oc(-c3ccnc4ccnn34)cc12. The third-order valence-corrected chi connectivity index (χ3v) is 3.97. The fraction of sp³-hybridized carbons (Fsp3) is 0. The first-order valence-electron chi connectivity index (χ1n) is 7.10. The Morgan fingerprint density at radius 1 is 0.864 bits per heavy atom. The largest absolute Gasteiger partial charge is 0.454 e. The Bertz CT molecular complexity index is 1140. The maximum Gasteiger partial charge on any atom is 0.155 e. The Labute approximate surface area is 125 Å². The van der Waals surface area contributed by atoms with Crippen LogP contribution in [-0.2, 0) is 0 Å². The average Bonchev–Trinajstić information content (AvgIpc) is 3.21. The molecule has 22 heavy (non-hydrogen) atoms. The highest BCUT2D eigenvalue weighted by molar-refractivity contribution is 6.06. The van der Waals surface area contributed by atoms with Crippen molar-refractivity contribution in [2.24, 2.45) is 0 Å². The van der Waals surface area contributed by atoms with E-state index < -0.39 is 0 Å². The van der Waals surface area contributed by atoms with Gasteiger partial charge in [-0.1, -0.05) is 30.3 Å². The van der Waals surface area contributed by atoms with Crippen LogP contribution in [0.4, 0.5) is 0 Å². The molecule has 5 aromatic rings. The van der Waals surface area contributed by atoms with Gasteiger partial charge in [0.15, 0.2) is 11.4 Å². The Kier molecular flexibility index (Phi) is 2.19. The third-order valence-electron chi connectivity index (χ3n) is 3.97. The Morgan fingerprint density at radius 2 is 1.82 bits per heavy atom. The van der Waals surface area contributed by atoms with Gasteiger partial charge >= 0.3 is 0 Å². The van der Waals surface area contributed by atoms with Crippen LogP contribution in [0.5, 0.6) is 0 Å². The van der Waals surface area contributed by atoms with E-state index >= 15 is 0 Å². The van der Waals surface area contributed by atoms with E-state index in [0.29, 0.717) is 0 Å². The van der Waals surface area contributed by atoms with Crippen molar-refractivity contribution in [3.63, 3.8) is 0 Å². The van der Waals surface area contributed by atoms with Crippen molar-refractivity contribution in [3.8, 4) is 11.5 Å². The van der Waals surface area contributed by atoms with Crippen molar-refractivity contribution in [2.75, 3.05) is 0 Å². The minimum Gasteiger partial charge on any atom is -0.454 e. The Hall–Kier alpha value is -3.14. The fourth-order valence-electron chi connectivity index (χ4n) is 2.94. The lowest BCUT2D eigenvalue weighted by atomic mass is 10.1. The molecule has 5 rings (SSSR count). The van der Waals surface area contributed by atoms with Crippen molar-refractivity contribution >= 4 is 27.4 Å². The number of hydrogen-bond donors (Lipinski definition) is 0. The van der Waals surface area contributed by atoms with Gasteiger partial charge in [0.2, 0.25) is 0 Å². The zero-order valence-electron chi connectivity index (χ0n) is 11.6. The van der Waals surface area contributed by atoms with Gasteiger partial charge in [0, 0.05) is 17.6 Å². The first-order chi connectivity index (χ1) is 10.9. The van der Waals surface area contributed by atoms with E-state index in [1.54, 1.807) is 16.9 Å². The van der Waals surface area contributed by atoms with Crippen LogP contribution in [-0.4, -0.2) is 14.6 Å². The van der Waals surface area contributed by atoms with E-state index in [4.69, 9.17) is 4.42 Å². The quantitative estimate of drug-likeness (QED) is 0.461. The van der Waals surface area contributed by atoms with Gasteiger partial charge in [-0.25, -0.2) is 9.50 Å². The molecule has 3 heterocycles. The van der Waals surface area contributed by atoms with Gasteiger partial charge in [0.05, 0.1) is 6.20 Å². The molecular formula is C18H11N3O. The first-order valence-corrected chi connectivity index (χ1v) is 7.10. The van der Waals surface area contributed by atoms with Gasteiger partial charge < -0.3 is 4.42 Å². The van der Waals surface area contributed by atoms with Crippen LogP contribution in [0.15, 0.2) is 71.4 Å². The molecule has 0 N–H and O–H groups in total. The van der Waals surface area contributed by atoms with Gasteiger partial charge in [-0.3, -0.25) is 0 Å². The molecule has 104 valence electrons. The number of hydrogen-bond acceptors (Lipinski definition) is 3. The predicted octanol–water partition coefficient (Wildman–Crippen LogP) is 4.30. The van der Waals surface area contributed by atoms with Gasteiger partial charge in [0.25, 0.3) is 0 Å². The van der Waals surface area contributed by atoms with Crippen LogP contribution < -0.4 is 0 Å². The van der Waals surface area contributed by atoms with Gasteiger partial charge in [-0.15, -0.1) is 0 Å². The fourth-order valence-corrected chi connectivity index (χ4v) is 2.94. The molecule has 0 bridgehead atoms. The molecule has 3 aromatic heterocycles. The standard InChI is InChI=1S/C18H11N3O/c1-2-4-13-12(3-1)5-6-16-14(13)11-17(22-16)15-7-9-19-18-8-10-20-21(15)18/h1-11H. The number of aromatic nitrogens is 3. The van der Waals surface area contributed by atoms with Crippen molar-refractivity contribution < 1.29 is 4.42 Å². The summed E-state index contributed by atoms with van der Waals surface area (Å²) in [5.41, 5.74) is 2.59. The summed E-state index contributed by atoms with van der Waals surface area (Å²) in [6.07, 6.45) is 3.52. The lowest BCUT2D eigenvalue weighted by molar-refractivity contribution is 0.625. The number of nitrogens with zero attached hydrogens (tertiary/aromatic N) is 3. The summed E-state index contributed by atoms with van der Waals surface area (Å²) >= 11 is 0. The summed E-state index contributed by atoms with van der Waals surface area (Å²) in [6.45, 7) is 0. The highest BCUT2D eigenvalue weighted by atomic mass is 16.3.